The van der Waals surface area contributed by atoms with Crippen LogP contribution in [0.2, 0.25) is 0 Å². The second kappa shape index (κ2) is 7.82. The molecule has 0 fully saturated rings. The Morgan fingerprint density at radius 3 is 2.45 bits per heavy atom. The number of rotatable bonds is 5. The zero-order valence-electron chi connectivity index (χ0n) is 15.2. The second-order valence-electron chi connectivity index (χ2n) is 6.05. The molecule has 0 bridgehead atoms. The van der Waals surface area contributed by atoms with Crippen molar-refractivity contribution in [3.05, 3.63) is 65.6 Å². The highest BCUT2D eigenvalue weighted by Crippen LogP contribution is 2.29. The summed E-state index contributed by atoms with van der Waals surface area (Å²) in [7, 11) is -1.60. The van der Waals surface area contributed by atoms with Crippen molar-refractivity contribution in [2.24, 2.45) is 4.36 Å². The lowest BCUT2D eigenvalue weighted by Gasteiger charge is -2.10. The predicted octanol–water partition coefficient (Wildman–Crippen LogP) is 4.62. The number of halogens is 4. The van der Waals surface area contributed by atoms with Crippen LogP contribution in [0.4, 0.5) is 23.2 Å². The first kappa shape index (κ1) is 20.8. The third-order valence-electron chi connectivity index (χ3n) is 3.82. The molecule has 0 N–H and O–H groups in total. The van der Waals surface area contributed by atoms with Gasteiger partial charge < -0.3 is 9.26 Å². The summed E-state index contributed by atoms with van der Waals surface area (Å²) in [6.07, 6.45) is -3.28. The van der Waals surface area contributed by atoms with Crippen LogP contribution in [0.5, 0.6) is 5.75 Å². The Balaban J connectivity index is 1.83. The Labute approximate surface area is 163 Å². The van der Waals surface area contributed by atoms with E-state index in [0.717, 1.165) is 6.07 Å². The summed E-state index contributed by atoms with van der Waals surface area (Å²) in [5.41, 5.74) is 0.983. The van der Waals surface area contributed by atoms with Crippen molar-refractivity contribution in [2.75, 3.05) is 13.4 Å². The van der Waals surface area contributed by atoms with Crippen LogP contribution in [0.15, 0.2) is 56.2 Å². The summed E-state index contributed by atoms with van der Waals surface area (Å²) in [4.78, 5) is 3.56. The van der Waals surface area contributed by atoms with E-state index in [-0.39, 0.29) is 22.9 Å². The number of methoxy groups -OCH3 is 1. The first-order valence-electron chi connectivity index (χ1n) is 8.13. The SMILES string of the molecule is COc1cc(F)ccc1S(C)(=O)=Nc1ccc(Cc2noc(C(F)(F)F)n2)cc1. The summed E-state index contributed by atoms with van der Waals surface area (Å²) in [5.74, 6) is -1.92. The van der Waals surface area contributed by atoms with E-state index in [0.29, 0.717) is 11.3 Å². The number of hydrogen-bond donors (Lipinski definition) is 0. The average Bonchev–Trinajstić information content (AvgIpc) is 3.12. The maximum Gasteiger partial charge on any atom is 0.471 e. The normalized spacial score (nSPS) is 13.7. The van der Waals surface area contributed by atoms with E-state index in [4.69, 9.17) is 4.74 Å². The van der Waals surface area contributed by atoms with E-state index >= 15 is 0 Å². The molecule has 29 heavy (non-hydrogen) atoms. The number of nitrogens with zero attached hydrogens (tertiary/aromatic N) is 3. The molecule has 0 amide bonds. The monoisotopic (exact) mass is 429 g/mol. The minimum Gasteiger partial charge on any atom is -0.495 e. The van der Waals surface area contributed by atoms with Gasteiger partial charge in [0.15, 0.2) is 5.82 Å². The van der Waals surface area contributed by atoms with Crippen molar-refractivity contribution < 1.29 is 31.0 Å². The molecule has 0 aliphatic carbocycles. The van der Waals surface area contributed by atoms with Crippen LogP contribution >= 0.6 is 0 Å². The Bertz CT molecular complexity index is 1130. The fraction of sp³-hybridized carbons (Fsp3) is 0.222. The van der Waals surface area contributed by atoms with Gasteiger partial charge >= 0.3 is 12.1 Å². The zero-order valence-corrected chi connectivity index (χ0v) is 16.1. The van der Waals surface area contributed by atoms with Crippen molar-refractivity contribution in [1.82, 2.24) is 10.1 Å². The van der Waals surface area contributed by atoms with Crippen LogP contribution < -0.4 is 4.74 Å². The third-order valence-corrected chi connectivity index (χ3v) is 5.54. The maximum atomic E-state index is 13.4. The lowest BCUT2D eigenvalue weighted by atomic mass is 10.1. The fourth-order valence-corrected chi connectivity index (χ4v) is 3.96. The molecule has 3 aromatic rings. The van der Waals surface area contributed by atoms with Crippen LogP contribution in [0, 0.1) is 5.82 Å². The largest absolute Gasteiger partial charge is 0.495 e. The number of alkyl halides is 3. The highest BCUT2D eigenvalue weighted by molar-refractivity contribution is 7.93. The average molecular weight is 429 g/mol. The number of hydrogen-bond acceptors (Lipinski definition) is 6. The first-order valence-corrected chi connectivity index (χ1v) is 10.1. The topological polar surface area (TPSA) is 77.6 Å². The molecule has 1 atom stereocenters. The van der Waals surface area contributed by atoms with E-state index in [2.05, 4.69) is 19.0 Å². The molecule has 0 radical (unpaired) electrons. The zero-order chi connectivity index (χ0) is 21.2. The van der Waals surface area contributed by atoms with E-state index in [1.807, 2.05) is 0 Å². The van der Waals surface area contributed by atoms with Crippen molar-refractivity contribution in [3.8, 4) is 5.75 Å². The predicted molar refractivity (Wildman–Crippen MR) is 95.9 cm³/mol. The highest BCUT2D eigenvalue weighted by Gasteiger charge is 2.38. The van der Waals surface area contributed by atoms with Gasteiger partial charge in [0.1, 0.15) is 11.6 Å². The quantitative estimate of drug-likeness (QED) is 0.554. The molecule has 1 heterocycles. The second-order valence-corrected chi connectivity index (χ2v) is 8.27. The molecule has 2 aromatic carbocycles. The van der Waals surface area contributed by atoms with Crippen LogP contribution in [-0.4, -0.2) is 27.7 Å². The molecule has 0 aliphatic heterocycles. The van der Waals surface area contributed by atoms with Crippen LogP contribution in [0.25, 0.3) is 0 Å². The molecular weight excluding hydrogens is 414 g/mol. The van der Waals surface area contributed by atoms with Gasteiger partial charge in [-0.05, 0) is 29.8 Å². The molecule has 1 unspecified atom stereocenters. The molecule has 11 heteroatoms. The van der Waals surface area contributed by atoms with Crippen LogP contribution in [-0.2, 0) is 22.3 Å². The van der Waals surface area contributed by atoms with E-state index in [1.165, 1.54) is 25.5 Å². The molecule has 1 aromatic heterocycles. The van der Waals surface area contributed by atoms with Gasteiger partial charge in [-0.15, -0.1) is 0 Å². The smallest absolute Gasteiger partial charge is 0.471 e. The van der Waals surface area contributed by atoms with Gasteiger partial charge in [-0.2, -0.15) is 22.5 Å². The Morgan fingerprint density at radius 2 is 1.86 bits per heavy atom. The molecule has 0 saturated heterocycles. The highest BCUT2D eigenvalue weighted by atomic mass is 32.2. The van der Waals surface area contributed by atoms with Crippen molar-refractivity contribution in [3.63, 3.8) is 0 Å². The number of aromatic nitrogens is 2. The number of ether oxygens (including phenoxy) is 1. The molecule has 6 nitrogen and oxygen atoms in total. The summed E-state index contributed by atoms with van der Waals surface area (Å²) in [6, 6.07) is 9.94. The van der Waals surface area contributed by atoms with E-state index < -0.39 is 27.6 Å². The van der Waals surface area contributed by atoms with E-state index in [9.17, 15) is 21.8 Å². The van der Waals surface area contributed by atoms with E-state index in [1.54, 1.807) is 24.3 Å². The molecule has 0 spiro atoms. The lowest BCUT2D eigenvalue weighted by molar-refractivity contribution is -0.159. The van der Waals surface area contributed by atoms with Crippen molar-refractivity contribution >= 4 is 15.4 Å². The summed E-state index contributed by atoms with van der Waals surface area (Å²) >= 11 is 0. The summed E-state index contributed by atoms with van der Waals surface area (Å²) in [6.45, 7) is 0. The van der Waals surface area contributed by atoms with Crippen LogP contribution in [0.3, 0.4) is 0 Å². The summed E-state index contributed by atoms with van der Waals surface area (Å²) < 4.78 is 77.4. The van der Waals surface area contributed by atoms with Gasteiger partial charge in [-0.3, -0.25) is 0 Å². The Hall–Kier alpha value is -2.95. The van der Waals surface area contributed by atoms with Gasteiger partial charge in [0.2, 0.25) is 0 Å². The molecule has 0 aliphatic rings. The minimum atomic E-state index is -4.70. The molecule has 154 valence electrons. The number of benzene rings is 2. The fourth-order valence-electron chi connectivity index (χ4n) is 2.50. The Kier molecular flexibility index (Phi) is 5.60. The van der Waals surface area contributed by atoms with Crippen LogP contribution in [0.1, 0.15) is 17.3 Å². The standard InChI is InChI=1S/C18H15F4N3O3S/c1-27-14-10-12(19)5-8-15(14)29(2,26)25-13-6-3-11(4-7-13)9-16-23-17(28-24-16)18(20,21)22/h3-8,10H,9H2,1-2H3. The minimum absolute atomic E-state index is 0.0210. The van der Waals surface area contributed by atoms with Gasteiger partial charge in [0, 0.05) is 18.7 Å². The van der Waals surface area contributed by atoms with Gasteiger partial charge in [0.25, 0.3) is 0 Å². The first-order chi connectivity index (χ1) is 13.6. The van der Waals surface area contributed by atoms with Gasteiger partial charge in [0.05, 0.1) is 27.4 Å². The van der Waals surface area contributed by atoms with Crippen molar-refractivity contribution in [2.45, 2.75) is 17.5 Å². The lowest BCUT2D eigenvalue weighted by Crippen LogP contribution is -2.05. The third kappa shape index (κ3) is 4.91. The van der Waals surface area contributed by atoms with Crippen molar-refractivity contribution in [1.29, 1.82) is 0 Å². The summed E-state index contributed by atoms with van der Waals surface area (Å²) in [5, 5.41) is 3.31. The molecular formula is C18H15F4N3O3S. The molecule has 3 rings (SSSR count). The molecule has 0 saturated carbocycles. The Morgan fingerprint density at radius 1 is 1.17 bits per heavy atom. The van der Waals surface area contributed by atoms with Gasteiger partial charge in [-0.25, -0.2) is 8.60 Å². The van der Waals surface area contributed by atoms with Gasteiger partial charge in [-0.1, -0.05) is 17.3 Å². The maximum absolute atomic E-state index is 13.4.